The molecule has 0 aliphatic heterocycles. The highest BCUT2D eigenvalue weighted by molar-refractivity contribution is 7.80. The lowest BCUT2D eigenvalue weighted by molar-refractivity contribution is 0.632. The van der Waals surface area contributed by atoms with E-state index in [1.807, 2.05) is 42.5 Å². The van der Waals surface area contributed by atoms with Crippen LogP contribution in [0.2, 0.25) is 0 Å². The highest BCUT2D eigenvalue weighted by Gasteiger charge is 2.06. The van der Waals surface area contributed by atoms with Gasteiger partial charge in [-0.1, -0.05) is 36.4 Å². The molecule has 1 heterocycles. The molecule has 0 atom stereocenters. The molecule has 0 aliphatic rings. The molecule has 134 valence electrons. The van der Waals surface area contributed by atoms with Crippen molar-refractivity contribution < 1.29 is 4.39 Å². The van der Waals surface area contributed by atoms with Gasteiger partial charge in [-0.2, -0.15) is 0 Å². The Hall–Kier alpha value is -2.83. The highest BCUT2D eigenvalue weighted by atomic mass is 32.1. The van der Waals surface area contributed by atoms with Crippen molar-refractivity contribution in [1.82, 2.24) is 4.98 Å². The number of hydrogen-bond donors (Lipinski definition) is 2. The van der Waals surface area contributed by atoms with Gasteiger partial charge < -0.3 is 10.6 Å². The van der Waals surface area contributed by atoms with Crippen molar-refractivity contribution in [3.05, 3.63) is 89.2 Å². The number of aromatic nitrogens is 1. The predicted octanol–water partition coefficient (Wildman–Crippen LogP) is 5.84. The maximum Gasteiger partial charge on any atom is 0.175 e. The third kappa shape index (κ3) is 4.30. The Morgan fingerprint density at radius 2 is 1.67 bits per heavy atom. The molecule has 0 aliphatic carbocycles. The van der Waals surface area contributed by atoms with E-state index in [2.05, 4.69) is 21.7 Å². The SMILES string of the molecule is Fc1ccccc1NC(=S)Nc1ccc(Cc2nc3ccccc3s2)cc1. The molecule has 1 aromatic heterocycles. The first-order valence-electron chi connectivity index (χ1n) is 8.43. The second kappa shape index (κ2) is 7.82. The molecule has 0 saturated carbocycles. The van der Waals surface area contributed by atoms with Gasteiger partial charge in [0.05, 0.1) is 20.9 Å². The van der Waals surface area contributed by atoms with E-state index >= 15 is 0 Å². The lowest BCUT2D eigenvalue weighted by atomic mass is 10.1. The fourth-order valence-corrected chi connectivity index (χ4v) is 3.95. The minimum absolute atomic E-state index is 0.340. The zero-order valence-corrected chi connectivity index (χ0v) is 15.9. The fraction of sp³-hybridized carbons (Fsp3) is 0.0476. The van der Waals surface area contributed by atoms with Crippen molar-refractivity contribution in [2.75, 3.05) is 10.6 Å². The number of hydrogen-bond acceptors (Lipinski definition) is 3. The van der Waals surface area contributed by atoms with Crippen LogP contribution in [-0.4, -0.2) is 10.1 Å². The number of nitrogens with zero attached hydrogens (tertiary/aromatic N) is 1. The summed E-state index contributed by atoms with van der Waals surface area (Å²) in [5, 5.41) is 7.37. The van der Waals surface area contributed by atoms with Gasteiger partial charge >= 0.3 is 0 Å². The van der Waals surface area contributed by atoms with Gasteiger partial charge in [-0.15, -0.1) is 11.3 Å². The van der Waals surface area contributed by atoms with Gasteiger partial charge in [0.2, 0.25) is 0 Å². The molecular formula is C21H16FN3S2. The maximum atomic E-state index is 13.7. The molecule has 6 heteroatoms. The van der Waals surface area contributed by atoms with Crippen molar-refractivity contribution in [2.45, 2.75) is 6.42 Å². The summed E-state index contributed by atoms with van der Waals surface area (Å²) in [5.41, 5.74) is 3.41. The van der Waals surface area contributed by atoms with Crippen molar-refractivity contribution in [3.8, 4) is 0 Å². The largest absolute Gasteiger partial charge is 0.332 e. The first kappa shape index (κ1) is 17.6. The Kier molecular flexibility index (Phi) is 5.09. The van der Waals surface area contributed by atoms with E-state index in [1.54, 1.807) is 29.5 Å². The van der Waals surface area contributed by atoms with Crippen LogP contribution in [0, 0.1) is 5.82 Å². The molecule has 0 bridgehead atoms. The van der Waals surface area contributed by atoms with Gasteiger partial charge in [-0.3, -0.25) is 0 Å². The van der Waals surface area contributed by atoms with Gasteiger partial charge in [0.15, 0.2) is 5.11 Å². The standard InChI is InChI=1S/C21H16FN3S2/c22-16-5-1-2-6-17(16)25-21(26)23-15-11-9-14(10-12-15)13-20-24-18-7-3-4-8-19(18)27-20/h1-12H,13H2,(H2,23,25,26). The smallest absolute Gasteiger partial charge is 0.175 e. The zero-order valence-electron chi connectivity index (χ0n) is 14.3. The summed E-state index contributed by atoms with van der Waals surface area (Å²) in [6.07, 6.45) is 0.789. The second-order valence-corrected chi connectivity index (χ2v) is 7.53. The number of thiocarbonyl (C=S) groups is 1. The van der Waals surface area contributed by atoms with Crippen LogP contribution in [0.5, 0.6) is 0 Å². The minimum Gasteiger partial charge on any atom is -0.332 e. The number of fused-ring (bicyclic) bond motifs is 1. The summed E-state index contributed by atoms with van der Waals surface area (Å²) in [6, 6.07) is 22.6. The van der Waals surface area contributed by atoms with Gasteiger partial charge in [0.25, 0.3) is 0 Å². The first-order chi connectivity index (χ1) is 13.2. The van der Waals surface area contributed by atoms with Crippen molar-refractivity contribution >= 4 is 50.3 Å². The van der Waals surface area contributed by atoms with Gasteiger partial charge in [-0.05, 0) is 54.2 Å². The van der Waals surface area contributed by atoms with Crippen LogP contribution in [0.15, 0.2) is 72.8 Å². The molecule has 0 saturated heterocycles. The molecule has 4 aromatic rings. The molecule has 3 aromatic carbocycles. The van der Waals surface area contributed by atoms with Crippen LogP contribution in [0.3, 0.4) is 0 Å². The monoisotopic (exact) mass is 393 g/mol. The Labute approximate surface area is 165 Å². The number of benzene rings is 3. The average Bonchev–Trinajstić information content (AvgIpc) is 3.07. The van der Waals surface area contributed by atoms with E-state index in [0.717, 1.165) is 22.6 Å². The lowest BCUT2D eigenvalue weighted by Gasteiger charge is -2.11. The predicted molar refractivity (Wildman–Crippen MR) is 115 cm³/mol. The van der Waals surface area contributed by atoms with Crippen LogP contribution >= 0.6 is 23.6 Å². The van der Waals surface area contributed by atoms with Gasteiger partial charge in [-0.25, -0.2) is 9.37 Å². The molecule has 0 unspecified atom stereocenters. The quantitative estimate of drug-likeness (QED) is 0.428. The highest BCUT2D eigenvalue weighted by Crippen LogP contribution is 2.24. The minimum atomic E-state index is -0.340. The molecule has 4 rings (SSSR count). The third-order valence-electron chi connectivity index (χ3n) is 4.03. The summed E-state index contributed by atoms with van der Waals surface area (Å²) < 4.78 is 14.9. The molecule has 27 heavy (non-hydrogen) atoms. The van der Waals surface area contributed by atoms with E-state index in [4.69, 9.17) is 12.2 Å². The molecule has 2 N–H and O–H groups in total. The molecule has 0 fully saturated rings. The molecular weight excluding hydrogens is 377 g/mol. The van der Waals surface area contributed by atoms with E-state index in [1.165, 1.54) is 16.3 Å². The third-order valence-corrected chi connectivity index (χ3v) is 5.27. The number of para-hydroxylation sites is 2. The Morgan fingerprint density at radius 1 is 0.926 bits per heavy atom. The van der Waals surface area contributed by atoms with Crippen molar-refractivity contribution in [2.24, 2.45) is 0 Å². The molecule has 0 radical (unpaired) electrons. The lowest BCUT2D eigenvalue weighted by Crippen LogP contribution is -2.19. The Balaban J connectivity index is 1.39. The van der Waals surface area contributed by atoms with Crippen LogP contribution in [0.4, 0.5) is 15.8 Å². The van der Waals surface area contributed by atoms with Gasteiger partial charge in [0, 0.05) is 12.1 Å². The number of nitrogens with one attached hydrogen (secondary N) is 2. The molecule has 0 amide bonds. The first-order valence-corrected chi connectivity index (χ1v) is 9.66. The van der Waals surface area contributed by atoms with Crippen LogP contribution in [-0.2, 0) is 6.42 Å². The summed E-state index contributed by atoms with van der Waals surface area (Å²) in [6.45, 7) is 0. The second-order valence-electron chi connectivity index (χ2n) is 6.01. The topological polar surface area (TPSA) is 37.0 Å². The van der Waals surface area contributed by atoms with E-state index in [0.29, 0.717) is 10.8 Å². The maximum absolute atomic E-state index is 13.7. The Bertz CT molecular complexity index is 1060. The molecule has 3 nitrogen and oxygen atoms in total. The van der Waals surface area contributed by atoms with Gasteiger partial charge in [0.1, 0.15) is 5.82 Å². The fourth-order valence-electron chi connectivity index (χ4n) is 2.72. The van der Waals surface area contributed by atoms with Crippen LogP contribution in [0.1, 0.15) is 10.6 Å². The number of rotatable bonds is 4. The summed E-state index contributed by atoms with van der Waals surface area (Å²) >= 11 is 6.97. The summed E-state index contributed by atoms with van der Waals surface area (Å²) in [4.78, 5) is 4.67. The normalized spacial score (nSPS) is 10.7. The number of halogens is 1. The summed E-state index contributed by atoms with van der Waals surface area (Å²) in [7, 11) is 0. The van der Waals surface area contributed by atoms with Crippen molar-refractivity contribution in [3.63, 3.8) is 0 Å². The number of anilines is 2. The van der Waals surface area contributed by atoms with E-state index in [-0.39, 0.29) is 5.82 Å². The van der Waals surface area contributed by atoms with Crippen LogP contribution < -0.4 is 10.6 Å². The number of thiazole rings is 1. The van der Waals surface area contributed by atoms with Crippen molar-refractivity contribution in [1.29, 1.82) is 0 Å². The van der Waals surface area contributed by atoms with Crippen LogP contribution in [0.25, 0.3) is 10.2 Å². The molecule has 0 spiro atoms. The van der Waals surface area contributed by atoms with E-state index in [9.17, 15) is 4.39 Å². The average molecular weight is 394 g/mol. The Morgan fingerprint density at radius 3 is 2.44 bits per heavy atom. The zero-order chi connectivity index (χ0) is 18.6. The van der Waals surface area contributed by atoms with E-state index < -0.39 is 0 Å². The summed E-state index contributed by atoms with van der Waals surface area (Å²) in [5.74, 6) is -0.340.